The van der Waals surface area contributed by atoms with Crippen LogP contribution in [0.3, 0.4) is 0 Å². The minimum atomic E-state index is -0.439. The van der Waals surface area contributed by atoms with Crippen LogP contribution in [0.1, 0.15) is 5.56 Å². The quantitative estimate of drug-likeness (QED) is 0.880. The summed E-state index contributed by atoms with van der Waals surface area (Å²) in [7, 11) is 1.80. The SMILES string of the molecule is CNCCc1cnn(-c2cccc(F)c2)c1F. The molecule has 1 aromatic carbocycles. The number of likely N-dealkylation sites (N-methyl/N-ethyl adjacent to an activating group) is 1. The summed E-state index contributed by atoms with van der Waals surface area (Å²) in [4.78, 5) is 0. The first-order chi connectivity index (χ1) is 8.22. The fourth-order valence-electron chi connectivity index (χ4n) is 1.58. The highest BCUT2D eigenvalue weighted by atomic mass is 19.1. The van der Waals surface area contributed by atoms with E-state index in [1.165, 1.54) is 24.4 Å². The predicted molar refractivity (Wildman–Crippen MR) is 61.1 cm³/mol. The predicted octanol–water partition coefficient (Wildman–Crippen LogP) is 1.91. The van der Waals surface area contributed by atoms with Crippen LogP contribution >= 0.6 is 0 Å². The maximum absolute atomic E-state index is 13.9. The lowest BCUT2D eigenvalue weighted by atomic mass is 10.2. The van der Waals surface area contributed by atoms with Crippen LogP contribution in [0.5, 0.6) is 0 Å². The number of rotatable bonds is 4. The summed E-state index contributed by atoms with van der Waals surface area (Å²) < 4.78 is 28.0. The molecule has 90 valence electrons. The third-order valence-corrected chi connectivity index (χ3v) is 2.48. The van der Waals surface area contributed by atoms with Gasteiger partial charge < -0.3 is 5.32 Å². The Morgan fingerprint density at radius 3 is 2.88 bits per heavy atom. The highest BCUT2D eigenvalue weighted by molar-refractivity contribution is 5.32. The zero-order chi connectivity index (χ0) is 12.3. The van der Waals surface area contributed by atoms with Crippen LogP contribution in [-0.4, -0.2) is 23.4 Å². The molecular weight excluding hydrogens is 224 g/mol. The molecule has 1 N–H and O–H groups in total. The van der Waals surface area contributed by atoms with Gasteiger partial charge in [-0.2, -0.15) is 9.49 Å². The van der Waals surface area contributed by atoms with E-state index >= 15 is 0 Å². The summed E-state index contributed by atoms with van der Waals surface area (Å²) in [5.74, 6) is -0.847. The smallest absolute Gasteiger partial charge is 0.219 e. The average Bonchev–Trinajstić information content (AvgIpc) is 2.68. The Morgan fingerprint density at radius 2 is 2.18 bits per heavy atom. The molecule has 0 fully saturated rings. The first-order valence-corrected chi connectivity index (χ1v) is 5.35. The summed E-state index contributed by atoms with van der Waals surface area (Å²) in [6, 6.07) is 5.70. The minimum absolute atomic E-state index is 0.387. The fraction of sp³-hybridized carbons (Fsp3) is 0.250. The molecule has 0 atom stereocenters. The van der Waals surface area contributed by atoms with Crippen molar-refractivity contribution in [2.75, 3.05) is 13.6 Å². The maximum atomic E-state index is 13.9. The van der Waals surface area contributed by atoms with Gasteiger partial charge in [0.2, 0.25) is 5.95 Å². The third kappa shape index (κ3) is 2.50. The van der Waals surface area contributed by atoms with Crippen molar-refractivity contribution in [3.63, 3.8) is 0 Å². The van der Waals surface area contributed by atoms with Gasteiger partial charge in [-0.05, 0) is 38.2 Å². The van der Waals surface area contributed by atoms with Crippen LogP contribution in [0, 0.1) is 11.8 Å². The van der Waals surface area contributed by atoms with Crippen molar-refractivity contribution >= 4 is 0 Å². The molecule has 2 rings (SSSR count). The van der Waals surface area contributed by atoms with Crippen molar-refractivity contribution in [2.45, 2.75) is 6.42 Å². The Hall–Kier alpha value is -1.75. The molecule has 0 bridgehead atoms. The molecule has 0 amide bonds. The molecule has 0 saturated carbocycles. The Kier molecular flexibility index (Phi) is 3.49. The van der Waals surface area contributed by atoms with E-state index in [1.54, 1.807) is 13.1 Å². The fourth-order valence-corrected chi connectivity index (χ4v) is 1.58. The van der Waals surface area contributed by atoms with Crippen molar-refractivity contribution in [3.8, 4) is 5.69 Å². The highest BCUT2D eigenvalue weighted by Gasteiger charge is 2.11. The van der Waals surface area contributed by atoms with Crippen LogP contribution in [0.4, 0.5) is 8.78 Å². The largest absolute Gasteiger partial charge is 0.319 e. The molecule has 17 heavy (non-hydrogen) atoms. The molecule has 3 nitrogen and oxygen atoms in total. The molecule has 1 aromatic heterocycles. The molecule has 0 aliphatic carbocycles. The summed E-state index contributed by atoms with van der Waals surface area (Å²) in [5, 5.41) is 6.87. The maximum Gasteiger partial charge on any atom is 0.219 e. The van der Waals surface area contributed by atoms with Gasteiger partial charge in [0, 0.05) is 5.56 Å². The number of nitrogens with zero attached hydrogens (tertiary/aromatic N) is 2. The summed E-state index contributed by atoms with van der Waals surface area (Å²) in [6.07, 6.45) is 2.02. The Morgan fingerprint density at radius 1 is 1.35 bits per heavy atom. The number of hydrogen-bond donors (Lipinski definition) is 1. The van der Waals surface area contributed by atoms with Gasteiger partial charge in [0.15, 0.2) is 0 Å². The zero-order valence-electron chi connectivity index (χ0n) is 9.45. The van der Waals surface area contributed by atoms with E-state index in [-0.39, 0.29) is 0 Å². The van der Waals surface area contributed by atoms with Crippen molar-refractivity contribution in [1.82, 2.24) is 15.1 Å². The lowest BCUT2D eigenvalue weighted by Crippen LogP contribution is -2.11. The molecule has 0 saturated heterocycles. The van der Waals surface area contributed by atoms with E-state index in [9.17, 15) is 8.78 Å². The molecule has 2 aromatic rings. The molecule has 0 aliphatic rings. The molecule has 0 aliphatic heterocycles. The van der Waals surface area contributed by atoms with Crippen molar-refractivity contribution in [1.29, 1.82) is 0 Å². The molecule has 0 spiro atoms. The Bertz CT molecular complexity index is 508. The van der Waals surface area contributed by atoms with Gasteiger partial charge in [0.25, 0.3) is 0 Å². The van der Waals surface area contributed by atoms with E-state index in [4.69, 9.17) is 0 Å². The molecule has 0 unspecified atom stereocenters. The van der Waals surface area contributed by atoms with Gasteiger partial charge in [-0.15, -0.1) is 0 Å². The van der Waals surface area contributed by atoms with Gasteiger partial charge >= 0.3 is 0 Å². The monoisotopic (exact) mass is 237 g/mol. The topological polar surface area (TPSA) is 29.9 Å². The lowest BCUT2D eigenvalue weighted by molar-refractivity contribution is 0.523. The average molecular weight is 237 g/mol. The molecular formula is C12H13F2N3. The van der Waals surface area contributed by atoms with E-state index in [0.29, 0.717) is 24.2 Å². The number of benzene rings is 1. The second-order valence-corrected chi connectivity index (χ2v) is 3.71. The van der Waals surface area contributed by atoms with Crippen LogP contribution in [0.25, 0.3) is 5.69 Å². The summed E-state index contributed by atoms with van der Waals surface area (Å²) in [5.41, 5.74) is 0.904. The molecule has 5 heteroatoms. The third-order valence-electron chi connectivity index (χ3n) is 2.48. The van der Waals surface area contributed by atoms with Crippen molar-refractivity contribution in [3.05, 3.63) is 47.8 Å². The standard InChI is InChI=1S/C12H13F2N3/c1-15-6-5-9-8-16-17(12(9)14)11-4-2-3-10(13)7-11/h2-4,7-8,15H,5-6H2,1H3. The normalized spacial score (nSPS) is 10.8. The van der Waals surface area contributed by atoms with E-state index in [2.05, 4.69) is 10.4 Å². The van der Waals surface area contributed by atoms with Gasteiger partial charge in [-0.3, -0.25) is 0 Å². The van der Waals surface area contributed by atoms with Crippen LogP contribution in [0.15, 0.2) is 30.5 Å². The number of nitrogens with one attached hydrogen (secondary N) is 1. The van der Waals surface area contributed by atoms with Gasteiger partial charge in [0.05, 0.1) is 11.9 Å². The van der Waals surface area contributed by atoms with E-state index in [1.807, 2.05) is 0 Å². The van der Waals surface area contributed by atoms with Gasteiger partial charge in [0.1, 0.15) is 5.82 Å². The van der Waals surface area contributed by atoms with Crippen LogP contribution in [0.2, 0.25) is 0 Å². The minimum Gasteiger partial charge on any atom is -0.319 e. The summed E-state index contributed by atoms with van der Waals surface area (Å²) in [6.45, 7) is 0.672. The first kappa shape index (κ1) is 11.7. The van der Waals surface area contributed by atoms with Crippen molar-refractivity contribution < 1.29 is 8.78 Å². The Balaban J connectivity index is 2.30. The Labute approximate surface area is 98.1 Å². The lowest BCUT2D eigenvalue weighted by Gasteiger charge is -2.02. The van der Waals surface area contributed by atoms with Crippen LogP contribution in [-0.2, 0) is 6.42 Å². The highest BCUT2D eigenvalue weighted by Crippen LogP contribution is 2.14. The second kappa shape index (κ2) is 5.05. The van der Waals surface area contributed by atoms with E-state index < -0.39 is 11.8 Å². The molecule has 1 heterocycles. The zero-order valence-corrected chi connectivity index (χ0v) is 9.45. The number of hydrogen-bond acceptors (Lipinski definition) is 2. The van der Waals surface area contributed by atoms with Gasteiger partial charge in [-0.1, -0.05) is 6.07 Å². The van der Waals surface area contributed by atoms with Crippen molar-refractivity contribution in [2.24, 2.45) is 0 Å². The van der Waals surface area contributed by atoms with Crippen LogP contribution < -0.4 is 5.32 Å². The molecule has 0 radical (unpaired) electrons. The second-order valence-electron chi connectivity index (χ2n) is 3.71. The van der Waals surface area contributed by atoms with Gasteiger partial charge in [-0.25, -0.2) is 9.07 Å². The summed E-state index contributed by atoms with van der Waals surface area (Å²) >= 11 is 0. The number of aromatic nitrogens is 2. The number of halogens is 2. The first-order valence-electron chi connectivity index (χ1n) is 5.35. The van der Waals surface area contributed by atoms with E-state index in [0.717, 1.165) is 4.68 Å².